The quantitative estimate of drug-likeness (QED) is 0.667. The summed E-state index contributed by atoms with van der Waals surface area (Å²) in [4.78, 5) is 0. The Hall–Kier alpha value is 0.210. The number of benzene rings is 1. The third-order valence-corrected chi connectivity index (χ3v) is 4.62. The van der Waals surface area contributed by atoms with Crippen LogP contribution < -0.4 is 0 Å². The van der Waals surface area contributed by atoms with Crippen LogP contribution in [0, 0.1) is 11.2 Å². The summed E-state index contributed by atoms with van der Waals surface area (Å²) >= 11 is 15.1. The van der Waals surface area contributed by atoms with Crippen LogP contribution >= 0.6 is 39.1 Å². The van der Waals surface area contributed by atoms with Gasteiger partial charge in [0.1, 0.15) is 5.82 Å². The van der Waals surface area contributed by atoms with Gasteiger partial charge in [0, 0.05) is 17.2 Å². The van der Waals surface area contributed by atoms with E-state index in [9.17, 15) is 4.39 Å². The van der Waals surface area contributed by atoms with Gasteiger partial charge in [-0.2, -0.15) is 0 Å². The van der Waals surface area contributed by atoms with E-state index in [4.69, 9.17) is 23.2 Å². The van der Waals surface area contributed by atoms with Crippen LogP contribution in [0.25, 0.3) is 0 Å². The van der Waals surface area contributed by atoms with Crippen molar-refractivity contribution in [3.05, 3.63) is 34.1 Å². The van der Waals surface area contributed by atoms with Crippen LogP contribution in [-0.2, 0) is 6.42 Å². The summed E-state index contributed by atoms with van der Waals surface area (Å²) < 4.78 is 13.6. The molecule has 1 aromatic rings. The molecule has 0 aliphatic rings. The van der Waals surface area contributed by atoms with Gasteiger partial charge in [-0.25, -0.2) is 4.39 Å². The smallest absolute Gasteiger partial charge is 0.137 e. The molecule has 16 heavy (non-hydrogen) atoms. The number of halogens is 4. The van der Waals surface area contributed by atoms with Gasteiger partial charge in [0.2, 0.25) is 0 Å². The first-order valence-electron chi connectivity index (χ1n) is 5.13. The van der Waals surface area contributed by atoms with Gasteiger partial charge < -0.3 is 0 Å². The molecule has 0 spiro atoms. The second kappa shape index (κ2) is 6.23. The van der Waals surface area contributed by atoms with E-state index in [1.165, 1.54) is 6.07 Å². The monoisotopic (exact) mass is 326 g/mol. The van der Waals surface area contributed by atoms with Crippen molar-refractivity contribution in [1.29, 1.82) is 0 Å². The van der Waals surface area contributed by atoms with Crippen LogP contribution in [-0.4, -0.2) is 11.8 Å². The molecule has 0 N–H and O–H groups in total. The second-order valence-electron chi connectivity index (χ2n) is 4.05. The lowest BCUT2D eigenvalue weighted by atomic mass is 9.83. The lowest BCUT2D eigenvalue weighted by Gasteiger charge is -2.28. The molecule has 0 aliphatic heterocycles. The van der Waals surface area contributed by atoms with E-state index in [1.54, 1.807) is 12.1 Å². The summed E-state index contributed by atoms with van der Waals surface area (Å²) in [6, 6.07) is 5.03. The highest BCUT2D eigenvalue weighted by Crippen LogP contribution is 2.31. The normalized spacial score (nSPS) is 11.8. The van der Waals surface area contributed by atoms with Crippen molar-refractivity contribution in [3.63, 3.8) is 0 Å². The minimum atomic E-state index is -0.248. The van der Waals surface area contributed by atoms with Crippen molar-refractivity contribution in [1.82, 2.24) is 0 Å². The fourth-order valence-electron chi connectivity index (χ4n) is 1.53. The molecule has 0 aromatic heterocycles. The van der Waals surface area contributed by atoms with Crippen molar-refractivity contribution >= 4 is 39.1 Å². The van der Waals surface area contributed by atoms with E-state index < -0.39 is 0 Å². The molecule has 0 atom stereocenters. The van der Waals surface area contributed by atoms with E-state index in [2.05, 4.69) is 22.9 Å². The molecule has 90 valence electrons. The second-order valence-corrected chi connectivity index (χ2v) is 5.43. The maximum atomic E-state index is 13.1. The fourth-order valence-corrected chi connectivity index (χ4v) is 2.81. The third kappa shape index (κ3) is 3.35. The van der Waals surface area contributed by atoms with E-state index in [-0.39, 0.29) is 11.2 Å². The van der Waals surface area contributed by atoms with Crippen LogP contribution in [0.15, 0.2) is 22.7 Å². The predicted molar refractivity (Wildman–Crippen MR) is 72.0 cm³/mol. The predicted octanol–water partition coefficient (Wildman–Crippen LogP) is 5.00. The average molecular weight is 328 g/mol. The Morgan fingerprint density at radius 3 is 2.38 bits per heavy atom. The number of alkyl halides is 2. The standard InChI is InChI=1S/C12H14BrCl2F/c1-2-12(7-14,8-15)6-9-3-4-11(16)10(13)5-9/h3-5H,2,6-8H2,1H3. The largest absolute Gasteiger partial charge is 0.206 e. The summed E-state index contributed by atoms with van der Waals surface area (Å²) in [5, 5.41) is 0. The molecule has 4 heteroatoms. The number of rotatable bonds is 5. The van der Waals surface area contributed by atoms with Gasteiger partial charge in [-0.1, -0.05) is 13.0 Å². The van der Waals surface area contributed by atoms with Crippen LogP contribution in [0.2, 0.25) is 0 Å². The Kier molecular flexibility index (Phi) is 5.55. The maximum Gasteiger partial charge on any atom is 0.137 e. The molecule has 0 fully saturated rings. The molecular formula is C12H14BrCl2F. The third-order valence-electron chi connectivity index (χ3n) is 2.88. The van der Waals surface area contributed by atoms with Gasteiger partial charge in [-0.3, -0.25) is 0 Å². The minimum Gasteiger partial charge on any atom is -0.206 e. The molecule has 1 aromatic carbocycles. The molecule has 1 rings (SSSR count). The highest BCUT2D eigenvalue weighted by atomic mass is 79.9. The number of hydrogen-bond donors (Lipinski definition) is 0. The van der Waals surface area contributed by atoms with Crippen molar-refractivity contribution in [2.45, 2.75) is 19.8 Å². The summed E-state index contributed by atoms with van der Waals surface area (Å²) in [6.45, 7) is 2.07. The van der Waals surface area contributed by atoms with Crippen molar-refractivity contribution in [3.8, 4) is 0 Å². The molecule has 0 nitrogen and oxygen atoms in total. The molecule has 0 unspecified atom stereocenters. The van der Waals surface area contributed by atoms with Gasteiger partial charge in [0.25, 0.3) is 0 Å². The van der Waals surface area contributed by atoms with Gasteiger partial charge in [-0.15, -0.1) is 23.2 Å². The zero-order valence-corrected chi connectivity index (χ0v) is 12.2. The summed E-state index contributed by atoms with van der Waals surface area (Å²) in [5.74, 6) is 0.784. The molecular weight excluding hydrogens is 314 g/mol. The first-order valence-corrected chi connectivity index (χ1v) is 6.99. The van der Waals surface area contributed by atoms with Crippen LogP contribution in [0.1, 0.15) is 18.9 Å². The molecule has 0 saturated heterocycles. The molecule has 0 saturated carbocycles. The van der Waals surface area contributed by atoms with Crippen molar-refractivity contribution in [2.75, 3.05) is 11.8 Å². The minimum absolute atomic E-state index is 0.0968. The Labute approximate surface area is 114 Å². The van der Waals surface area contributed by atoms with Crippen molar-refractivity contribution < 1.29 is 4.39 Å². The fraction of sp³-hybridized carbons (Fsp3) is 0.500. The molecule has 0 heterocycles. The van der Waals surface area contributed by atoms with Gasteiger partial charge in [-0.05, 0) is 46.5 Å². The Balaban J connectivity index is 2.89. The molecule has 0 bridgehead atoms. The van der Waals surface area contributed by atoms with Crippen molar-refractivity contribution in [2.24, 2.45) is 5.41 Å². The highest BCUT2D eigenvalue weighted by Gasteiger charge is 2.26. The first kappa shape index (κ1) is 14.3. The highest BCUT2D eigenvalue weighted by molar-refractivity contribution is 9.10. The SMILES string of the molecule is CCC(CCl)(CCl)Cc1ccc(F)c(Br)c1. The molecule has 0 amide bonds. The molecule has 0 radical (unpaired) electrons. The zero-order chi connectivity index (χ0) is 12.2. The first-order chi connectivity index (χ1) is 7.56. The van der Waals surface area contributed by atoms with E-state index in [0.29, 0.717) is 16.2 Å². The van der Waals surface area contributed by atoms with Crippen LogP contribution in [0.5, 0.6) is 0 Å². The van der Waals surface area contributed by atoms with E-state index in [0.717, 1.165) is 18.4 Å². The van der Waals surface area contributed by atoms with E-state index >= 15 is 0 Å². The number of hydrogen-bond acceptors (Lipinski definition) is 0. The summed E-state index contributed by atoms with van der Waals surface area (Å²) in [6.07, 6.45) is 1.68. The van der Waals surface area contributed by atoms with Crippen LogP contribution in [0.3, 0.4) is 0 Å². The zero-order valence-electron chi connectivity index (χ0n) is 9.07. The molecule has 0 aliphatic carbocycles. The Morgan fingerprint density at radius 2 is 1.94 bits per heavy atom. The van der Waals surface area contributed by atoms with E-state index in [1.807, 2.05) is 0 Å². The maximum absolute atomic E-state index is 13.1. The average Bonchev–Trinajstić information content (AvgIpc) is 2.31. The van der Waals surface area contributed by atoms with Gasteiger partial charge in [0.15, 0.2) is 0 Å². The lowest BCUT2D eigenvalue weighted by Crippen LogP contribution is -2.27. The Bertz CT molecular complexity index is 343. The summed E-state index contributed by atoms with van der Waals surface area (Å²) in [5.41, 5.74) is 0.955. The van der Waals surface area contributed by atoms with Crippen LogP contribution in [0.4, 0.5) is 4.39 Å². The van der Waals surface area contributed by atoms with Gasteiger partial charge >= 0.3 is 0 Å². The lowest BCUT2D eigenvalue weighted by molar-refractivity contribution is 0.362. The summed E-state index contributed by atoms with van der Waals surface area (Å²) in [7, 11) is 0. The topological polar surface area (TPSA) is 0 Å². The van der Waals surface area contributed by atoms with Gasteiger partial charge in [0.05, 0.1) is 4.47 Å². The Morgan fingerprint density at radius 1 is 1.31 bits per heavy atom.